The summed E-state index contributed by atoms with van der Waals surface area (Å²) in [4.78, 5) is 10.7. The minimum absolute atomic E-state index is 0.171. The molecule has 1 aliphatic rings. The van der Waals surface area contributed by atoms with Crippen LogP contribution < -0.4 is 0 Å². The number of hydrogen-bond acceptors (Lipinski definition) is 7. The summed E-state index contributed by atoms with van der Waals surface area (Å²) >= 11 is 0. The third kappa shape index (κ3) is 13.4. The summed E-state index contributed by atoms with van der Waals surface area (Å²) in [6, 6.07) is 0. The van der Waals surface area contributed by atoms with Gasteiger partial charge in [-0.25, -0.2) is 0 Å². The Morgan fingerprint density at radius 3 is 1.76 bits per heavy atom. The Hall–Kier alpha value is -0.770. The van der Waals surface area contributed by atoms with Crippen LogP contribution in [0.25, 0.3) is 0 Å². The highest BCUT2D eigenvalue weighted by molar-refractivity contribution is 5.66. The summed E-state index contributed by atoms with van der Waals surface area (Å²) < 4.78 is 11.6. The SMILES string of the molecule is CCCCCCCCCCCC[C@@H](CCCCCCC(=O)O)O[C@@H]1O[C@H](CO)[C@@H](O)[C@H](O)[C@H]1O. The summed E-state index contributed by atoms with van der Waals surface area (Å²) in [5, 5.41) is 48.5. The number of rotatable bonds is 21. The van der Waals surface area contributed by atoms with E-state index in [0.29, 0.717) is 6.42 Å². The molecule has 8 nitrogen and oxygen atoms in total. The number of aliphatic hydroxyl groups excluding tert-OH is 4. The number of unbranched alkanes of at least 4 members (excludes halogenated alkanes) is 12. The highest BCUT2D eigenvalue weighted by atomic mass is 16.7. The Balaban J connectivity index is 2.41. The second-order valence-electron chi connectivity index (χ2n) is 9.77. The first-order chi connectivity index (χ1) is 16.4. The molecule has 0 saturated carbocycles. The van der Waals surface area contributed by atoms with Gasteiger partial charge in [0.1, 0.15) is 24.4 Å². The third-order valence-electron chi connectivity index (χ3n) is 6.72. The van der Waals surface area contributed by atoms with E-state index in [2.05, 4.69) is 6.92 Å². The van der Waals surface area contributed by atoms with Gasteiger partial charge in [-0.05, 0) is 19.3 Å². The largest absolute Gasteiger partial charge is 0.481 e. The van der Waals surface area contributed by atoms with Gasteiger partial charge in [0.25, 0.3) is 0 Å². The van der Waals surface area contributed by atoms with E-state index in [9.17, 15) is 25.2 Å². The molecule has 1 fully saturated rings. The first-order valence-electron chi connectivity index (χ1n) is 13.6. The van der Waals surface area contributed by atoms with Gasteiger partial charge in [-0.15, -0.1) is 0 Å². The Labute approximate surface area is 205 Å². The van der Waals surface area contributed by atoms with Gasteiger partial charge in [-0.2, -0.15) is 0 Å². The quantitative estimate of drug-likeness (QED) is 0.153. The summed E-state index contributed by atoms with van der Waals surface area (Å²) in [6.07, 6.45) is 11.0. The molecule has 0 aromatic rings. The van der Waals surface area contributed by atoms with Gasteiger partial charge < -0.3 is 35.0 Å². The molecular weight excluding hydrogens is 440 g/mol. The molecular formula is C26H50O8. The molecule has 0 spiro atoms. The van der Waals surface area contributed by atoms with Gasteiger partial charge in [-0.3, -0.25) is 4.79 Å². The van der Waals surface area contributed by atoms with Crippen molar-refractivity contribution in [1.82, 2.24) is 0 Å². The lowest BCUT2D eigenvalue weighted by atomic mass is 9.98. The fourth-order valence-corrected chi connectivity index (χ4v) is 4.51. The Morgan fingerprint density at radius 2 is 1.26 bits per heavy atom. The van der Waals surface area contributed by atoms with Crippen LogP contribution in [0.5, 0.6) is 0 Å². The number of carboxylic acids is 1. The van der Waals surface area contributed by atoms with Gasteiger partial charge in [0.15, 0.2) is 6.29 Å². The molecule has 0 aliphatic carbocycles. The van der Waals surface area contributed by atoms with Crippen molar-refractivity contribution in [2.24, 2.45) is 0 Å². The molecule has 1 saturated heterocycles. The molecule has 0 unspecified atom stereocenters. The maximum Gasteiger partial charge on any atom is 0.303 e. The smallest absolute Gasteiger partial charge is 0.303 e. The van der Waals surface area contributed by atoms with Crippen LogP contribution in [-0.4, -0.2) is 74.9 Å². The molecule has 8 heteroatoms. The number of aliphatic carboxylic acids is 1. The lowest BCUT2D eigenvalue weighted by molar-refractivity contribution is -0.312. The van der Waals surface area contributed by atoms with Crippen molar-refractivity contribution in [1.29, 1.82) is 0 Å². The first-order valence-corrected chi connectivity index (χ1v) is 13.6. The Bertz CT molecular complexity index is 501. The predicted molar refractivity (Wildman–Crippen MR) is 130 cm³/mol. The van der Waals surface area contributed by atoms with Crippen LogP contribution >= 0.6 is 0 Å². The van der Waals surface area contributed by atoms with Crippen LogP contribution in [0, 0.1) is 0 Å². The number of aliphatic hydroxyl groups is 4. The highest BCUT2D eigenvalue weighted by Crippen LogP contribution is 2.26. The standard InChI is InChI=1S/C26H50O8/c1-2-3-4-5-6-7-8-9-10-13-16-20(17-14-11-12-15-18-22(28)29)33-26-25(32)24(31)23(30)21(19-27)34-26/h20-21,23-27,30-32H,2-19H2,1H3,(H,28,29)/t20-,21+,23+,24-,25+,26+/m0/s1. The van der Waals surface area contributed by atoms with E-state index in [-0.39, 0.29) is 12.5 Å². The molecule has 6 atom stereocenters. The lowest BCUT2D eigenvalue weighted by Gasteiger charge is -2.41. The highest BCUT2D eigenvalue weighted by Gasteiger charge is 2.44. The first kappa shape index (κ1) is 31.3. The third-order valence-corrected chi connectivity index (χ3v) is 6.72. The molecule has 202 valence electrons. The van der Waals surface area contributed by atoms with Crippen molar-refractivity contribution >= 4 is 5.97 Å². The van der Waals surface area contributed by atoms with Gasteiger partial charge in [0.2, 0.25) is 0 Å². The van der Waals surface area contributed by atoms with Crippen molar-refractivity contribution in [3.05, 3.63) is 0 Å². The number of carbonyl (C=O) groups is 1. The van der Waals surface area contributed by atoms with E-state index in [0.717, 1.165) is 44.9 Å². The van der Waals surface area contributed by atoms with E-state index in [1.807, 2.05) is 0 Å². The zero-order valence-corrected chi connectivity index (χ0v) is 21.2. The van der Waals surface area contributed by atoms with Crippen molar-refractivity contribution in [2.75, 3.05) is 6.61 Å². The monoisotopic (exact) mass is 490 g/mol. The summed E-state index contributed by atoms with van der Waals surface area (Å²) in [5.41, 5.74) is 0. The van der Waals surface area contributed by atoms with Crippen LogP contribution in [-0.2, 0) is 14.3 Å². The van der Waals surface area contributed by atoms with Gasteiger partial charge >= 0.3 is 5.97 Å². The predicted octanol–water partition coefficient (Wildman–Crippen LogP) is 3.91. The van der Waals surface area contributed by atoms with Gasteiger partial charge in [0, 0.05) is 6.42 Å². The molecule has 34 heavy (non-hydrogen) atoms. The van der Waals surface area contributed by atoms with Crippen LogP contribution in [0.15, 0.2) is 0 Å². The zero-order chi connectivity index (χ0) is 25.2. The number of carboxylic acid groups (broad SMARTS) is 1. The van der Waals surface area contributed by atoms with E-state index < -0.39 is 43.3 Å². The maximum absolute atomic E-state index is 10.7. The molecule has 0 aromatic carbocycles. The topological polar surface area (TPSA) is 137 Å². The summed E-state index contributed by atoms with van der Waals surface area (Å²) in [5.74, 6) is -0.773. The fourth-order valence-electron chi connectivity index (χ4n) is 4.51. The van der Waals surface area contributed by atoms with E-state index >= 15 is 0 Å². The summed E-state index contributed by atoms with van der Waals surface area (Å²) in [6.45, 7) is 1.76. The summed E-state index contributed by atoms with van der Waals surface area (Å²) in [7, 11) is 0. The molecule has 1 rings (SSSR count). The lowest BCUT2D eigenvalue weighted by Crippen LogP contribution is -2.59. The molecule has 1 heterocycles. The molecule has 0 aromatic heterocycles. The van der Waals surface area contributed by atoms with Crippen molar-refractivity contribution in [3.63, 3.8) is 0 Å². The van der Waals surface area contributed by atoms with E-state index in [4.69, 9.17) is 14.6 Å². The normalized spacial score (nSPS) is 26.0. The zero-order valence-electron chi connectivity index (χ0n) is 21.2. The Morgan fingerprint density at radius 1 is 0.765 bits per heavy atom. The second kappa shape index (κ2) is 19.4. The Kier molecular flexibility index (Phi) is 17.9. The maximum atomic E-state index is 10.7. The average Bonchev–Trinajstić information content (AvgIpc) is 2.82. The molecule has 5 N–H and O–H groups in total. The van der Waals surface area contributed by atoms with Crippen LogP contribution in [0.3, 0.4) is 0 Å². The average molecular weight is 491 g/mol. The number of hydrogen-bond donors (Lipinski definition) is 5. The van der Waals surface area contributed by atoms with Crippen LogP contribution in [0.4, 0.5) is 0 Å². The fraction of sp³-hybridized carbons (Fsp3) is 0.962. The van der Waals surface area contributed by atoms with Gasteiger partial charge in [-0.1, -0.05) is 90.4 Å². The van der Waals surface area contributed by atoms with Crippen molar-refractivity contribution in [2.45, 2.75) is 153 Å². The molecule has 0 bridgehead atoms. The van der Waals surface area contributed by atoms with Gasteiger partial charge in [0.05, 0.1) is 12.7 Å². The van der Waals surface area contributed by atoms with Crippen LogP contribution in [0.2, 0.25) is 0 Å². The minimum Gasteiger partial charge on any atom is -0.481 e. The second-order valence-corrected chi connectivity index (χ2v) is 9.77. The minimum atomic E-state index is -1.44. The molecule has 1 aliphatic heterocycles. The van der Waals surface area contributed by atoms with E-state index in [1.165, 1.54) is 51.4 Å². The number of ether oxygens (including phenoxy) is 2. The van der Waals surface area contributed by atoms with E-state index in [1.54, 1.807) is 0 Å². The van der Waals surface area contributed by atoms with Crippen molar-refractivity contribution in [3.8, 4) is 0 Å². The van der Waals surface area contributed by atoms with Crippen LogP contribution in [0.1, 0.15) is 116 Å². The molecule has 0 radical (unpaired) electrons. The van der Waals surface area contributed by atoms with Crippen molar-refractivity contribution < 1.29 is 39.8 Å². The molecule has 0 amide bonds.